The Morgan fingerprint density at radius 1 is 1.19 bits per heavy atom. The monoisotopic (exact) mass is 571 g/mol. The lowest BCUT2D eigenvalue weighted by Crippen LogP contribution is -2.28. The number of nitrogens with zero attached hydrogens (tertiary/aromatic N) is 3. The third-order valence-corrected chi connectivity index (χ3v) is 6.56. The van der Waals surface area contributed by atoms with E-state index in [9.17, 15) is 14.4 Å². The lowest BCUT2D eigenvalue weighted by molar-refractivity contribution is -0.132. The van der Waals surface area contributed by atoms with Gasteiger partial charge in [-0.25, -0.2) is 0 Å². The van der Waals surface area contributed by atoms with Gasteiger partial charge in [-0.1, -0.05) is 30.4 Å². The third kappa shape index (κ3) is 5.63. The smallest absolute Gasteiger partial charge is 0.308 e. The Labute approximate surface area is 218 Å². The number of carbonyl (C=O) groups is 1. The van der Waals surface area contributed by atoms with Crippen molar-refractivity contribution in [2.45, 2.75) is 26.7 Å². The van der Waals surface area contributed by atoms with E-state index in [2.05, 4.69) is 26.0 Å². The van der Waals surface area contributed by atoms with E-state index in [1.807, 2.05) is 31.2 Å². The quantitative estimate of drug-likeness (QED) is 0.234. The Bertz CT molecular complexity index is 1600. The van der Waals surface area contributed by atoms with E-state index in [1.54, 1.807) is 18.2 Å². The molecule has 0 saturated carbocycles. The summed E-state index contributed by atoms with van der Waals surface area (Å²) in [5.41, 5.74) is 0.762. The molecule has 0 bridgehead atoms. The molecule has 4 rings (SSSR count). The van der Waals surface area contributed by atoms with Crippen molar-refractivity contribution in [3.63, 3.8) is 0 Å². The molecule has 9 nitrogen and oxygen atoms in total. The fraction of sp³-hybridized carbons (Fsp3) is 0.240. The van der Waals surface area contributed by atoms with E-state index >= 15 is 0 Å². The standard InChI is InChI=1S/C25H22BrN3O6S/c1-4-9-34-17-7-5-15(6-8-17)11-19-23(31)27-25-29(28-19)24(32)21(36-25)13-16-10-18(26)22(35-14(2)30)20(12-16)33-3/h5-8,10,12-13H,4,9,11H2,1-3H3/b21-13-. The van der Waals surface area contributed by atoms with Crippen molar-refractivity contribution in [2.24, 2.45) is 0 Å². The molecule has 186 valence electrons. The van der Waals surface area contributed by atoms with E-state index in [4.69, 9.17) is 14.2 Å². The molecular formula is C25H22BrN3O6S. The summed E-state index contributed by atoms with van der Waals surface area (Å²) in [6.07, 6.45) is 2.78. The van der Waals surface area contributed by atoms with Gasteiger partial charge in [-0.3, -0.25) is 14.4 Å². The second kappa shape index (κ2) is 11.0. The van der Waals surface area contributed by atoms with Gasteiger partial charge in [0.25, 0.3) is 11.1 Å². The van der Waals surface area contributed by atoms with Crippen LogP contribution in [-0.2, 0) is 11.2 Å². The van der Waals surface area contributed by atoms with Gasteiger partial charge in [0.2, 0.25) is 4.96 Å². The number of methoxy groups -OCH3 is 1. The minimum atomic E-state index is -0.490. The average molecular weight is 572 g/mol. The number of thiazole rings is 1. The van der Waals surface area contributed by atoms with Gasteiger partial charge in [0.15, 0.2) is 11.5 Å². The highest BCUT2D eigenvalue weighted by molar-refractivity contribution is 9.10. The summed E-state index contributed by atoms with van der Waals surface area (Å²) in [6.45, 7) is 3.96. The molecule has 0 aliphatic carbocycles. The number of benzene rings is 2. The molecule has 0 amide bonds. The summed E-state index contributed by atoms with van der Waals surface area (Å²) in [5, 5.41) is 4.30. The molecule has 0 unspecified atom stereocenters. The molecule has 0 aliphatic rings. The molecule has 0 saturated heterocycles. The lowest BCUT2D eigenvalue weighted by atomic mass is 10.1. The number of carbonyl (C=O) groups excluding carboxylic acids is 1. The van der Waals surface area contributed by atoms with Crippen LogP contribution in [0.25, 0.3) is 11.0 Å². The van der Waals surface area contributed by atoms with E-state index in [1.165, 1.54) is 14.0 Å². The lowest BCUT2D eigenvalue weighted by Gasteiger charge is -2.10. The van der Waals surface area contributed by atoms with Crippen molar-refractivity contribution in [3.8, 4) is 17.2 Å². The van der Waals surface area contributed by atoms with Gasteiger partial charge in [-0.05, 0) is 63.8 Å². The molecule has 0 radical (unpaired) electrons. The maximum atomic E-state index is 13.1. The maximum Gasteiger partial charge on any atom is 0.308 e. The molecule has 0 aliphatic heterocycles. The highest BCUT2D eigenvalue weighted by Gasteiger charge is 2.15. The summed E-state index contributed by atoms with van der Waals surface area (Å²) in [5.74, 6) is 0.821. The maximum absolute atomic E-state index is 13.1. The van der Waals surface area contributed by atoms with Crippen LogP contribution in [0.1, 0.15) is 37.1 Å². The number of ether oxygens (including phenoxy) is 3. The largest absolute Gasteiger partial charge is 0.494 e. The van der Waals surface area contributed by atoms with Gasteiger partial charge in [0, 0.05) is 13.3 Å². The van der Waals surface area contributed by atoms with Crippen molar-refractivity contribution < 1.29 is 19.0 Å². The van der Waals surface area contributed by atoms with Crippen molar-refractivity contribution in [1.82, 2.24) is 14.6 Å². The van der Waals surface area contributed by atoms with Crippen molar-refractivity contribution in [3.05, 3.63) is 82.9 Å². The molecule has 2 heterocycles. The molecule has 0 N–H and O–H groups in total. The summed E-state index contributed by atoms with van der Waals surface area (Å²) in [6, 6.07) is 10.7. The third-order valence-electron chi connectivity index (χ3n) is 5.01. The summed E-state index contributed by atoms with van der Waals surface area (Å²) in [7, 11) is 1.45. The van der Waals surface area contributed by atoms with Crippen LogP contribution in [0.15, 0.2) is 50.5 Å². The first kappa shape index (κ1) is 25.5. The highest BCUT2D eigenvalue weighted by atomic mass is 79.9. The fourth-order valence-corrected chi connectivity index (χ4v) is 4.83. The zero-order valence-corrected chi connectivity index (χ0v) is 22.1. The van der Waals surface area contributed by atoms with Crippen LogP contribution in [0.5, 0.6) is 17.2 Å². The van der Waals surface area contributed by atoms with Crippen LogP contribution in [0, 0.1) is 0 Å². The van der Waals surface area contributed by atoms with Gasteiger partial charge in [0.05, 0.1) is 22.7 Å². The van der Waals surface area contributed by atoms with E-state index in [0.717, 1.165) is 33.6 Å². The van der Waals surface area contributed by atoms with Gasteiger partial charge >= 0.3 is 5.97 Å². The minimum absolute atomic E-state index is 0.173. The predicted octanol–water partition coefficient (Wildman–Crippen LogP) is 3.13. The van der Waals surface area contributed by atoms with Crippen LogP contribution in [0.3, 0.4) is 0 Å². The molecule has 0 fully saturated rings. The molecule has 4 aromatic rings. The Morgan fingerprint density at radius 2 is 1.94 bits per heavy atom. The average Bonchev–Trinajstić information content (AvgIpc) is 3.14. The molecule has 0 spiro atoms. The van der Waals surface area contributed by atoms with Crippen LogP contribution < -0.4 is 29.9 Å². The fourth-order valence-electron chi connectivity index (χ4n) is 3.39. The van der Waals surface area contributed by atoms with Crippen LogP contribution in [-0.4, -0.2) is 34.3 Å². The van der Waals surface area contributed by atoms with Crippen LogP contribution >= 0.6 is 27.3 Å². The van der Waals surface area contributed by atoms with Crippen LogP contribution in [0.4, 0.5) is 0 Å². The Balaban J connectivity index is 1.69. The van der Waals surface area contributed by atoms with Gasteiger partial charge in [0.1, 0.15) is 11.4 Å². The second-order valence-electron chi connectivity index (χ2n) is 7.77. The van der Waals surface area contributed by atoms with E-state index < -0.39 is 17.1 Å². The summed E-state index contributed by atoms with van der Waals surface area (Å²) >= 11 is 4.42. The number of aromatic nitrogens is 3. The van der Waals surface area contributed by atoms with Crippen molar-refractivity contribution >= 4 is 44.3 Å². The number of esters is 1. The first-order chi connectivity index (χ1) is 17.3. The van der Waals surface area contributed by atoms with Crippen molar-refractivity contribution in [1.29, 1.82) is 0 Å². The van der Waals surface area contributed by atoms with E-state index in [-0.39, 0.29) is 22.8 Å². The minimum Gasteiger partial charge on any atom is -0.494 e. The Hall–Kier alpha value is -3.57. The summed E-state index contributed by atoms with van der Waals surface area (Å²) < 4.78 is 18.1. The number of halogens is 1. The number of hydrogen-bond donors (Lipinski definition) is 0. The topological polar surface area (TPSA) is 109 Å². The van der Waals surface area contributed by atoms with Gasteiger partial charge < -0.3 is 14.2 Å². The number of fused-ring (bicyclic) bond motifs is 1. The second-order valence-corrected chi connectivity index (χ2v) is 9.63. The predicted molar refractivity (Wildman–Crippen MR) is 139 cm³/mol. The molecule has 2 aromatic heterocycles. The van der Waals surface area contributed by atoms with E-state index in [0.29, 0.717) is 26.9 Å². The SMILES string of the molecule is CCCOc1ccc(Cc2nn3c(=O)/c(=C/c4cc(Br)c(OC(C)=O)c(OC)c4)sc3nc2=O)cc1. The van der Waals surface area contributed by atoms with Gasteiger partial charge in [-0.15, -0.1) is 0 Å². The molecule has 2 aromatic carbocycles. The highest BCUT2D eigenvalue weighted by Crippen LogP contribution is 2.37. The first-order valence-electron chi connectivity index (χ1n) is 11.0. The molecular weight excluding hydrogens is 550 g/mol. The molecule has 0 atom stereocenters. The van der Waals surface area contributed by atoms with Gasteiger partial charge in [-0.2, -0.15) is 14.6 Å². The van der Waals surface area contributed by atoms with Crippen molar-refractivity contribution in [2.75, 3.05) is 13.7 Å². The molecule has 36 heavy (non-hydrogen) atoms. The molecule has 11 heteroatoms. The zero-order valence-electron chi connectivity index (χ0n) is 19.7. The Morgan fingerprint density at radius 3 is 2.61 bits per heavy atom. The first-order valence-corrected chi connectivity index (χ1v) is 12.6. The number of hydrogen-bond acceptors (Lipinski definition) is 9. The number of rotatable bonds is 8. The zero-order chi connectivity index (χ0) is 25.8. The Kier molecular flexibility index (Phi) is 7.80. The summed E-state index contributed by atoms with van der Waals surface area (Å²) in [4.78, 5) is 41.3. The normalized spacial score (nSPS) is 11.6. The van der Waals surface area contributed by atoms with Crippen LogP contribution in [0.2, 0.25) is 0 Å².